The van der Waals surface area contributed by atoms with Crippen molar-refractivity contribution in [3.63, 3.8) is 0 Å². The Hall–Kier alpha value is -3.27. The van der Waals surface area contributed by atoms with Crippen LogP contribution in [-0.2, 0) is 6.61 Å². The number of hydrogen-bond donors (Lipinski definition) is 2. The predicted octanol–water partition coefficient (Wildman–Crippen LogP) is 7.83. The van der Waals surface area contributed by atoms with Gasteiger partial charge in [0, 0.05) is 12.2 Å². The number of benzene rings is 3. The van der Waals surface area contributed by atoms with E-state index in [2.05, 4.69) is 48.7 Å². The highest BCUT2D eigenvalue weighted by Crippen LogP contribution is 2.45. The van der Waals surface area contributed by atoms with E-state index in [-0.39, 0.29) is 5.91 Å². The molecule has 1 amide bonds. The normalized spacial score (nSPS) is 13.8. The van der Waals surface area contributed by atoms with Crippen LogP contribution in [-0.4, -0.2) is 12.5 Å². The third-order valence-corrected chi connectivity index (χ3v) is 6.84. The molecule has 0 aromatic heterocycles. The SMILES string of the molecule is CCCC(CC)CCNC(=O)c1ccccc1Nc1ccc(OCc2ccccc2)cc1C1CC1. The van der Waals surface area contributed by atoms with Crippen molar-refractivity contribution in [3.05, 3.63) is 89.5 Å². The molecule has 4 nitrogen and oxygen atoms in total. The summed E-state index contributed by atoms with van der Waals surface area (Å²) in [5, 5.41) is 6.70. The molecule has 0 bridgehead atoms. The van der Waals surface area contributed by atoms with E-state index in [1.54, 1.807) is 0 Å². The van der Waals surface area contributed by atoms with Crippen molar-refractivity contribution in [2.24, 2.45) is 5.92 Å². The molecule has 35 heavy (non-hydrogen) atoms. The van der Waals surface area contributed by atoms with Crippen molar-refractivity contribution in [1.82, 2.24) is 5.32 Å². The van der Waals surface area contributed by atoms with Crippen molar-refractivity contribution in [1.29, 1.82) is 0 Å². The summed E-state index contributed by atoms with van der Waals surface area (Å²) in [6.45, 7) is 5.72. The molecular formula is C31H38N2O2. The Morgan fingerprint density at radius 1 is 0.943 bits per heavy atom. The minimum Gasteiger partial charge on any atom is -0.489 e. The Balaban J connectivity index is 1.43. The number of ether oxygens (including phenoxy) is 1. The number of anilines is 2. The van der Waals surface area contributed by atoms with E-state index < -0.39 is 0 Å². The summed E-state index contributed by atoms with van der Waals surface area (Å²) in [6, 6.07) is 24.3. The van der Waals surface area contributed by atoms with Crippen LogP contribution in [0.3, 0.4) is 0 Å². The van der Waals surface area contributed by atoms with E-state index in [1.807, 2.05) is 48.5 Å². The molecule has 3 aromatic carbocycles. The van der Waals surface area contributed by atoms with E-state index in [0.717, 1.165) is 35.5 Å². The first-order valence-corrected chi connectivity index (χ1v) is 13.1. The maximum absolute atomic E-state index is 13.0. The molecule has 1 aliphatic carbocycles. The Labute approximate surface area is 210 Å². The number of rotatable bonds is 13. The molecule has 4 rings (SSSR count). The fourth-order valence-corrected chi connectivity index (χ4v) is 4.60. The number of para-hydroxylation sites is 1. The smallest absolute Gasteiger partial charge is 0.253 e. The topological polar surface area (TPSA) is 50.4 Å². The first-order chi connectivity index (χ1) is 17.2. The van der Waals surface area contributed by atoms with Gasteiger partial charge in [0.1, 0.15) is 12.4 Å². The monoisotopic (exact) mass is 470 g/mol. The van der Waals surface area contributed by atoms with Gasteiger partial charge in [0.25, 0.3) is 5.91 Å². The first kappa shape index (κ1) is 24.8. The summed E-state index contributed by atoms with van der Waals surface area (Å²) in [5.41, 5.74) is 4.99. The first-order valence-electron chi connectivity index (χ1n) is 13.1. The van der Waals surface area contributed by atoms with Crippen molar-refractivity contribution in [2.75, 3.05) is 11.9 Å². The zero-order valence-electron chi connectivity index (χ0n) is 21.1. The number of carbonyl (C=O) groups is 1. The summed E-state index contributed by atoms with van der Waals surface area (Å²) < 4.78 is 6.08. The average Bonchev–Trinajstić information content (AvgIpc) is 3.74. The van der Waals surface area contributed by atoms with Crippen LogP contribution in [0, 0.1) is 5.92 Å². The van der Waals surface area contributed by atoms with Crippen molar-refractivity contribution in [3.8, 4) is 5.75 Å². The lowest BCUT2D eigenvalue weighted by atomic mass is 9.97. The van der Waals surface area contributed by atoms with Crippen molar-refractivity contribution in [2.45, 2.75) is 64.9 Å². The highest BCUT2D eigenvalue weighted by Gasteiger charge is 2.27. The lowest BCUT2D eigenvalue weighted by Gasteiger charge is -2.17. The Bertz CT molecular complexity index is 1090. The van der Waals surface area contributed by atoms with Crippen LogP contribution in [0.4, 0.5) is 11.4 Å². The summed E-state index contributed by atoms with van der Waals surface area (Å²) in [7, 11) is 0. The van der Waals surface area contributed by atoms with Gasteiger partial charge in [0.2, 0.25) is 0 Å². The molecule has 3 aromatic rings. The van der Waals surface area contributed by atoms with Gasteiger partial charge in [-0.3, -0.25) is 4.79 Å². The van der Waals surface area contributed by atoms with Crippen molar-refractivity contribution < 1.29 is 9.53 Å². The number of nitrogens with one attached hydrogen (secondary N) is 2. The lowest BCUT2D eigenvalue weighted by Crippen LogP contribution is -2.26. The second kappa shape index (κ2) is 12.4. The third kappa shape index (κ3) is 7.11. The van der Waals surface area contributed by atoms with Gasteiger partial charge in [0.05, 0.1) is 11.3 Å². The van der Waals surface area contributed by atoms with E-state index in [4.69, 9.17) is 4.74 Å². The second-order valence-corrected chi connectivity index (χ2v) is 9.58. The number of hydrogen-bond acceptors (Lipinski definition) is 3. The molecule has 0 heterocycles. The summed E-state index contributed by atoms with van der Waals surface area (Å²) in [5.74, 6) is 2.08. The molecule has 184 valence electrons. The summed E-state index contributed by atoms with van der Waals surface area (Å²) >= 11 is 0. The zero-order valence-corrected chi connectivity index (χ0v) is 21.1. The molecule has 1 atom stereocenters. The molecule has 1 fully saturated rings. The van der Waals surface area contributed by atoms with Crippen LogP contribution >= 0.6 is 0 Å². The average molecular weight is 471 g/mol. The lowest BCUT2D eigenvalue weighted by molar-refractivity contribution is 0.0952. The molecule has 0 saturated heterocycles. The largest absolute Gasteiger partial charge is 0.489 e. The molecule has 1 unspecified atom stereocenters. The quantitative estimate of drug-likeness (QED) is 0.268. The van der Waals surface area contributed by atoms with E-state index >= 15 is 0 Å². The van der Waals surface area contributed by atoms with Gasteiger partial charge < -0.3 is 15.4 Å². The summed E-state index contributed by atoms with van der Waals surface area (Å²) in [4.78, 5) is 13.0. The standard InChI is InChI=1S/C31H38N2O2/c1-3-10-23(4-2)19-20-32-31(34)27-13-8-9-14-29(27)33-30-18-17-26(21-28(30)25-15-16-25)35-22-24-11-6-5-7-12-24/h5-9,11-14,17-18,21,23,25,33H,3-4,10,15-16,19-20,22H2,1-2H3,(H,32,34). The Morgan fingerprint density at radius 3 is 2.46 bits per heavy atom. The van der Waals surface area contributed by atoms with Crippen molar-refractivity contribution >= 4 is 17.3 Å². The number of carbonyl (C=O) groups excluding carboxylic acids is 1. The van der Waals surface area contributed by atoms with Crippen LogP contribution in [0.2, 0.25) is 0 Å². The van der Waals surface area contributed by atoms with Crippen LogP contribution in [0.25, 0.3) is 0 Å². The van der Waals surface area contributed by atoms with Crippen LogP contribution in [0.5, 0.6) is 5.75 Å². The van der Waals surface area contributed by atoms with Gasteiger partial charge in [-0.05, 0) is 72.6 Å². The van der Waals surface area contributed by atoms with E-state index in [0.29, 0.717) is 30.6 Å². The molecule has 0 spiro atoms. The summed E-state index contributed by atoms with van der Waals surface area (Å²) in [6.07, 6.45) is 6.99. The van der Waals surface area contributed by atoms with Gasteiger partial charge in [-0.15, -0.1) is 0 Å². The highest BCUT2D eigenvalue weighted by molar-refractivity contribution is 6.00. The minimum atomic E-state index is -0.0183. The zero-order chi connectivity index (χ0) is 24.5. The van der Waals surface area contributed by atoms with Gasteiger partial charge in [-0.2, -0.15) is 0 Å². The van der Waals surface area contributed by atoms with Crippen LogP contribution in [0.15, 0.2) is 72.8 Å². The number of amides is 1. The fourth-order valence-electron chi connectivity index (χ4n) is 4.60. The van der Waals surface area contributed by atoms with E-state index in [1.165, 1.54) is 31.2 Å². The van der Waals surface area contributed by atoms with Gasteiger partial charge >= 0.3 is 0 Å². The third-order valence-electron chi connectivity index (χ3n) is 6.84. The maximum atomic E-state index is 13.0. The highest BCUT2D eigenvalue weighted by atomic mass is 16.5. The van der Waals surface area contributed by atoms with Gasteiger partial charge in [-0.1, -0.05) is 75.6 Å². The molecule has 0 radical (unpaired) electrons. The fraction of sp³-hybridized carbons (Fsp3) is 0.387. The molecule has 0 aliphatic heterocycles. The Morgan fingerprint density at radius 2 is 1.71 bits per heavy atom. The van der Waals surface area contributed by atoms with Gasteiger partial charge in [0.15, 0.2) is 0 Å². The predicted molar refractivity (Wildman–Crippen MR) is 145 cm³/mol. The molecule has 4 heteroatoms. The molecule has 1 saturated carbocycles. The van der Waals surface area contributed by atoms with Crippen LogP contribution in [0.1, 0.15) is 79.8 Å². The molecular weight excluding hydrogens is 432 g/mol. The Kier molecular flexibility index (Phi) is 8.83. The minimum absolute atomic E-state index is 0.0183. The molecule has 2 N–H and O–H groups in total. The maximum Gasteiger partial charge on any atom is 0.253 e. The van der Waals surface area contributed by atoms with Crippen LogP contribution < -0.4 is 15.4 Å². The molecule has 1 aliphatic rings. The van der Waals surface area contributed by atoms with E-state index in [9.17, 15) is 4.79 Å². The van der Waals surface area contributed by atoms with Gasteiger partial charge in [-0.25, -0.2) is 0 Å². The second-order valence-electron chi connectivity index (χ2n) is 9.58.